The molecule has 11 heteroatoms. The smallest absolute Gasteiger partial charge is 0.265 e. The summed E-state index contributed by atoms with van der Waals surface area (Å²) in [5, 5.41) is 21.1. The van der Waals surface area contributed by atoms with Gasteiger partial charge in [0.1, 0.15) is 5.60 Å². The molecule has 2 aliphatic rings. The van der Waals surface area contributed by atoms with Crippen LogP contribution in [0, 0.1) is 6.92 Å². The minimum Gasteiger partial charge on any atom is -0.480 e. The number of nitrogens with zero attached hydrogens (tertiary/aromatic N) is 6. The number of aromatic nitrogens is 5. The van der Waals surface area contributed by atoms with E-state index >= 15 is 0 Å². The average Bonchev–Trinajstić information content (AvgIpc) is 3.14. The number of benzene rings is 1. The van der Waals surface area contributed by atoms with Crippen LogP contribution < -0.4 is 9.64 Å². The standard InChI is InChI=1S/C25H23ClN6O4/c1-14-19(10-32-18-5-3-4-16(26)22(18)36-11-21(32)33)31-9-17(27-8-20(31)30-14)15-6-28-23(29-7-15)25(35)12-24(2,34)13-25/h3-9,34-35H,10-13H2,1-2H3. The molecule has 0 radical (unpaired) electrons. The van der Waals surface area contributed by atoms with Gasteiger partial charge in [0.25, 0.3) is 5.91 Å². The fourth-order valence-electron chi connectivity index (χ4n) is 5.05. The quantitative estimate of drug-likeness (QED) is 0.432. The van der Waals surface area contributed by atoms with Gasteiger partial charge in [0.2, 0.25) is 0 Å². The lowest BCUT2D eigenvalue weighted by molar-refractivity contribution is -0.180. The Morgan fingerprint density at radius 3 is 2.61 bits per heavy atom. The van der Waals surface area contributed by atoms with Gasteiger partial charge in [-0.1, -0.05) is 17.7 Å². The van der Waals surface area contributed by atoms with E-state index < -0.39 is 11.2 Å². The van der Waals surface area contributed by atoms with Crippen molar-refractivity contribution in [2.75, 3.05) is 11.5 Å². The van der Waals surface area contributed by atoms with Crippen molar-refractivity contribution in [3.05, 3.63) is 65.2 Å². The van der Waals surface area contributed by atoms with Crippen molar-refractivity contribution in [1.82, 2.24) is 24.3 Å². The summed E-state index contributed by atoms with van der Waals surface area (Å²) in [5.41, 5.74) is 1.97. The summed E-state index contributed by atoms with van der Waals surface area (Å²) in [5.74, 6) is 0.589. The van der Waals surface area contributed by atoms with E-state index in [9.17, 15) is 15.0 Å². The van der Waals surface area contributed by atoms with Crippen molar-refractivity contribution >= 4 is 28.8 Å². The Hall–Kier alpha value is -3.60. The summed E-state index contributed by atoms with van der Waals surface area (Å²) < 4.78 is 7.46. The van der Waals surface area contributed by atoms with Crippen molar-refractivity contribution in [3.8, 4) is 17.0 Å². The van der Waals surface area contributed by atoms with Gasteiger partial charge in [-0.3, -0.25) is 19.1 Å². The predicted molar refractivity (Wildman–Crippen MR) is 131 cm³/mol. The highest BCUT2D eigenvalue weighted by atomic mass is 35.5. The molecule has 1 amide bonds. The number of para-hydroxylation sites is 1. The number of aliphatic hydroxyl groups is 2. The van der Waals surface area contributed by atoms with Crippen LogP contribution in [0.3, 0.4) is 0 Å². The van der Waals surface area contributed by atoms with E-state index in [1.54, 1.807) is 48.6 Å². The molecule has 0 atom stereocenters. The number of rotatable bonds is 4. The second kappa shape index (κ2) is 7.95. The number of aryl methyl sites for hydroxylation is 1. The Morgan fingerprint density at radius 2 is 1.89 bits per heavy atom. The van der Waals surface area contributed by atoms with E-state index in [-0.39, 0.29) is 37.7 Å². The number of ether oxygens (including phenoxy) is 1. The molecule has 6 rings (SSSR count). The van der Waals surface area contributed by atoms with Crippen molar-refractivity contribution in [2.24, 2.45) is 0 Å². The second-order valence-corrected chi connectivity index (χ2v) is 10.1. The highest BCUT2D eigenvalue weighted by Gasteiger charge is 2.53. The van der Waals surface area contributed by atoms with Gasteiger partial charge in [-0.05, 0) is 26.0 Å². The van der Waals surface area contributed by atoms with E-state index in [4.69, 9.17) is 16.3 Å². The van der Waals surface area contributed by atoms with E-state index in [2.05, 4.69) is 19.9 Å². The molecule has 1 aliphatic carbocycles. The van der Waals surface area contributed by atoms with Crippen LogP contribution in [0.25, 0.3) is 16.9 Å². The molecule has 184 valence electrons. The van der Waals surface area contributed by atoms with Gasteiger partial charge in [-0.15, -0.1) is 0 Å². The number of anilines is 1. The van der Waals surface area contributed by atoms with Crippen LogP contribution in [0.1, 0.15) is 37.0 Å². The molecule has 1 saturated carbocycles. The van der Waals surface area contributed by atoms with Crippen LogP contribution in [0.5, 0.6) is 5.75 Å². The molecule has 2 N–H and O–H groups in total. The van der Waals surface area contributed by atoms with Gasteiger partial charge in [-0.2, -0.15) is 0 Å². The Morgan fingerprint density at radius 1 is 1.14 bits per heavy atom. The summed E-state index contributed by atoms with van der Waals surface area (Å²) >= 11 is 6.29. The molecule has 4 aromatic rings. The van der Waals surface area contributed by atoms with Crippen LogP contribution in [0.4, 0.5) is 5.69 Å². The fraction of sp³-hybridized carbons (Fsp3) is 0.320. The van der Waals surface area contributed by atoms with Gasteiger partial charge in [-0.25, -0.2) is 15.0 Å². The minimum absolute atomic E-state index is 0.0925. The Kier molecular flexibility index (Phi) is 5.05. The molecule has 0 unspecified atom stereocenters. The zero-order valence-corrected chi connectivity index (χ0v) is 20.4. The molecule has 10 nitrogen and oxygen atoms in total. The van der Waals surface area contributed by atoms with Crippen molar-refractivity contribution in [2.45, 2.75) is 44.4 Å². The number of carbonyl (C=O) groups excluding carboxylic acids is 1. The van der Waals surface area contributed by atoms with E-state index in [0.717, 1.165) is 11.4 Å². The van der Waals surface area contributed by atoms with Crippen LogP contribution >= 0.6 is 11.6 Å². The molecule has 36 heavy (non-hydrogen) atoms. The predicted octanol–water partition coefficient (Wildman–Crippen LogP) is 2.81. The zero-order valence-electron chi connectivity index (χ0n) is 19.6. The maximum atomic E-state index is 12.8. The Balaban J connectivity index is 1.34. The SMILES string of the molecule is Cc1nc2cnc(-c3cnc(C4(O)CC(C)(O)C4)nc3)cn2c1CN1C(=O)COc2c(Cl)cccc21. The third-order valence-electron chi connectivity index (χ3n) is 6.70. The van der Waals surface area contributed by atoms with Crippen LogP contribution in [0.15, 0.2) is 43.0 Å². The van der Waals surface area contributed by atoms with Crippen molar-refractivity contribution < 1.29 is 19.7 Å². The molecular weight excluding hydrogens is 484 g/mol. The number of amides is 1. The van der Waals surface area contributed by atoms with Crippen molar-refractivity contribution in [3.63, 3.8) is 0 Å². The Bertz CT molecular complexity index is 1510. The van der Waals surface area contributed by atoms with E-state index in [1.165, 1.54) is 0 Å². The number of hydrogen-bond donors (Lipinski definition) is 2. The average molecular weight is 507 g/mol. The number of carbonyl (C=O) groups is 1. The molecule has 1 fully saturated rings. The number of imidazole rings is 1. The maximum Gasteiger partial charge on any atom is 0.265 e. The Labute approximate surface area is 211 Å². The maximum absolute atomic E-state index is 12.8. The van der Waals surface area contributed by atoms with E-state index in [0.29, 0.717) is 33.4 Å². The zero-order chi connectivity index (χ0) is 25.2. The molecule has 3 aromatic heterocycles. The summed E-state index contributed by atoms with van der Waals surface area (Å²) in [6.45, 7) is 3.74. The molecule has 0 saturated heterocycles. The first kappa shape index (κ1) is 22.8. The number of fused-ring (bicyclic) bond motifs is 2. The normalized spacial score (nSPS) is 23.4. The third kappa shape index (κ3) is 3.69. The summed E-state index contributed by atoms with van der Waals surface area (Å²) in [6.07, 6.45) is 7.08. The first-order chi connectivity index (χ1) is 17.1. The van der Waals surface area contributed by atoms with Gasteiger partial charge < -0.3 is 14.9 Å². The van der Waals surface area contributed by atoms with Crippen LogP contribution in [-0.4, -0.2) is 52.7 Å². The summed E-state index contributed by atoms with van der Waals surface area (Å²) in [6, 6.07) is 5.31. The lowest BCUT2D eigenvalue weighted by atomic mass is 9.68. The van der Waals surface area contributed by atoms with Crippen LogP contribution in [0.2, 0.25) is 5.02 Å². The largest absolute Gasteiger partial charge is 0.480 e. The topological polar surface area (TPSA) is 126 Å². The molecule has 4 heterocycles. The fourth-order valence-corrected chi connectivity index (χ4v) is 5.27. The molecule has 0 bridgehead atoms. The highest BCUT2D eigenvalue weighted by molar-refractivity contribution is 6.32. The first-order valence-corrected chi connectivity index (χ1v) is 11.8. The summed E-state index contributed by atoms with van der Waals surface area (Å²) in [4.78, 5) is 32.2. The van der Waals surface area contributed by atoms with Crippen LogP contribution in [-0.2, 0) is 16.9 Å². The molecule has 1 aliphatic heterocycles. The van der Waals surface area contributed by atoms with Gasteiger partial charge in [0, 0.05) is 37.0 Å². The second-order valence-electron chi connectivity index (χ2n) is 9.68. The molecular formula is C25H23ClN6O4. The van der Waals surface area contributed by atoms with Crippen molar-refractivity contribution in [1.29, 1.82) is 0 Å². The van der Waals surface area contributed by atoms with Gasteiger partial charge in [0.15, 0.2) is 23.8 Å². The highest BCUT2D eigenvalue weighted by Crippen LogP contribution is 2.46. The lowest BCUT2D eigenvalue weighted by Crippen LogP contribution is -2.53. The first-order valence-electron chi connectivity index (χ1n) is 11.5. The number of halogens is 1. The number of hydrogen-bond acceptors (Lipinski definition) is 8. The third-order valence-corrected chi connectivity index (χ3v) is 7.00. The lowest BCUT2D eigenvalue weighted by Gasteiger charge is -2.46. The van der Waals surface area contributed by atoms with Gasteiger partial charge in [0.05, 0.1) is 46.1 Å². The molecule has 0 spiro atoms. The summed E-state index contributed by atoms with van der Waals surface area (Å²) in [7, 11) is 0. The van der Waals surface area contributed by atoms with Gasteiger partial charge >= 0.3 is 0 Å². The molecule has 1 aromatic carbocycles. The van der Waals surface area contributed by atoms with E-state index in [1.807, 2.05) is 17.5 Å². The monoisotopic (exact) mass is 506 g/mol. The minimum atomic E-state index is -1.22.